The lowest BCUT2D eigenvalue weighted by molar-refractivity contribution is 0.0902. The van der Waals surface area contributed by atoms with Crippen molar-refractivity contribution >= 4 is 0 Å². The average Bonchev–Trinajstić information content (AvgIpc) is 2.41. The third-order valence-corrected chi connectivity index (χ3v) is 4.11. The molecule has 3 heteroatoms. The highest BCUT2D eigenvalue weighted by atomic mass is 19.1. The molecule has 1 aromatic carbocycles. The standard InChI is InChI=1S/C16H25FN2/c1-13(2)14-6-4-5-7-15(14)16-12-19(9-8-17)11-10-18(16)3/h4-7,13,16H,8-12H2,1-3H3. The van der Waals surface area contributed by atoms with Crippen molar-refractivity contribution in [2.75, 3.05) is 39.9 Å². The summed E-state index contributed by atoms with van der Waals surface area (Å²) in [7, 11) is 2.18. The Morgan fingerprint density at radius 3 is 2.68 bits per heavy atom. The lowest BCUT2D eigenvalue weighted by Crippen LogP contribution is -2.47. The molecule has 1 saturated heterocycles. The third-order valence-electron chi connectivity index (χ3n) is 4.11. The number of halogens is 1. The molecular formula is C16H25FN2. The van der Waals surface area contributed by atoms with Crippen molar-refractivity contribution in [1.29, 1.82) is 0 Å². The summed E-state index contributed by atoms with van der Waals surface area (Å²) in [5.41, 5.74) is 2.82. The Hall–Kier alpha value is -0.930. The van der Waals surface area contributed by atoms with Gasteiger partial charge in [0.25, 0.3) is 0 Å². The molecule has 0 radical (unpaired) electrons. The highest BCUT2D eigenvalue weighted by Crippen LogP contribution is 2.30. The quantitative estimate of drug-likeness (QED) is 0.824. The van der Waals surface area contributed by atoms with Crippen LogP contribution in [0.3, 0.4) is 0 Å². The summed E-state index contributed by atoms with van der Waals surface area (Å²) in [5, 5.41) is 0. The molecule has 0 spiro atoms. The van der Waals surface area contributed by atoms with Crippen molar-refractivity contribution in [3.05, 3.63) is 35.4 Å². The third kappa shape index (κ3) is 3.34. The number of hydrogen-bond donors (Lipinski definition) is 0. The van der Waals surface area contributed by atoms with Crippen LogP contribution in [0.15, 0.2) is 24.3 Å². The van der Waals surface area contributed by atoms with E-state index in [9.17, 15) is 4.39 Å². The maximum atomic E-state index is 12.6. The Bertz CT molecular complexity index is 405. The topological polar surface area (TPSA) is 6.48 Å². The molecule has 0 saturated carbocycles. The maximum absolute atomic E-state index is 12.6. The first-order chi connectivity index (χ1) is 9.13. The van der Waals surface area contributed by atoms with Crippen molar-refractivity contribution in [3.63, 3.8) is 0 Å². The minimum atomic E-state index is -0.248. The van der Waals surface area contributed by atoms with Gasteiger partial charge in [-0.2, -0.15) is 0 Å². The number of hydrogen-bond acceptors (Lipinski definition) is 2. The van der Waals surface area contributed by atoms with Crippen molar-refractivity contribution < 1.29 is 4.39 Å². The van der Waals surface area contributed by atoms with Gasteiger partial charge in [0, 0.05) is 32.2 Å². The number of nitrogens with zero attached hydrogens (tertiary/aromatic N) is 2. The molecule has 1 aliphatic heterocycles. The van der Waals surface area contributed by atoms with E-state index in [1.807, 2.05) is 0 Å². The van der Waals surface area contributed by atoms with E-state index in [0.29, 0.717) is 18.5 Å². The van der Waals surface area contributed by atoms with Crippen LogP contribution in [-0.4, -0.2) is 49.7 Å². The molecule has 2 nitrogen and oxygen atoms in total. The first-order valence-electron chi connectivity index (χ1n) is 7.21. The fraction of sp³-hybridized carbons (Fsp3) is 0.625. The predicted octanol–water partition coefficient (Wildman–Crippen LogP) is 3.07. The Morgan fingerprint density at radius 1 is 1.26 bits per heavy atom. The molecule has 0 aromatic heterocycles. The van der Waals surface area contributed by atoms with Crippen molar-refractivity contribution in [3.8, 4) is 0 Å². The van der Waals surface area contributed by atoms with E-state index in [0.717, 1.165) is 19.6 Å². The van der Waals surface area contributed by atoms with Crippen LogP contribution in [-0.2, 0) is 0 Å². The van der Waals surface area contributed by atoms with E-state index in [1.54, 1.807) is 0 Å². The van der Waals surface area contributed by atoms with Gasteiger partial charge in [0.15, 0.2) is 0 Å². The van der Waals surface area contributed by atoms with Crippen LogP contribution < -0.4 is 0 Å². The Balaban J connectivity index is 2.23. The summed E-state index contributed by atoms with van der Waals surface area (Å²) in [6.07, 6.45) is 0. The molecular weight excluding hydrogens is 239 g/mol. The van der Waals surface area contributed by atoms with Crippen LogP contribution in [0.1, 0.15) is 36.9 Å². The summed E-state index contributed by atoms with van der Waals surface area (Å²) in [5.74, 6) is 0.529. The van der Waals surface area contributed by atoms with E-state index in [1.165, 1.54) is 11.1 Å². The number of benzene rings is 1. The Labute approximate surface area is 116 Å². The van der Waals surface area contributed by atoms with Crippen LogP contribution in [0.25, 0.3) is 0 Å². The molecule has 0 amide bonds. The minimum absolute atomic E-state index is 0.248. The molecule has 1 aromatic rings. The zero-order valence-corrected chi connectivity index (χ0v) is 12.3. The van der Waals surface area contributed by atoms with Crippen LogP contribution in [0.5, 0.6) is 0 Å². The fourth-order valence-electron chi connectivity index (χ4n) is 2.93. The Kier molecular flexibility index (Phi) is 4.94. The van der Waals surface area contributed by atoms with Crippen molar-refractivity contribution in [2.24, 2.45) is 0 Å². The number of rotatable bonds is 4. The van der Waals surface area contributed by atoms with Crippen LogP contribution in [0.2, 0.25) is 0 Å². The number of piperazine rings is 1. The first kappa shape index (κ1) is 14.5. The molecule has 106 valence electrons. The number of likely N-dealkylation sites (N-methyl/N-ethyl adjacent to an activating group) is 1. The summed E-state index contributed by atoms with van der Waals surface area (Å²) in [6, 6.07) is 9.07. The lowest BCUT2D eigenvalue weighted by Gasteiger charge is -2.40. The van der Waals surface area contributed by atoms with Gasteiger partial charge in [0.2, 0.25) is 0 Å². The normalized spacial score (nSPS) is 22.1. The van der Waals surface area contributed by atoms with E-state index in [2.05, 4.69) is 55.0 Å². The molecule has 19 heavy (non-hydrogen) atoms. The molecule has 2 rings (SSSR count). The van der Waals surface area contributed by atoms with Gasteiger partial charge in [-0.05, 0) is 24.1 Å². The van der Waals surface area contributed by atoms with Gasteiger partial charge in [-0.15, -0.1) is 0 Å². The fourth-order valence-corrected chi connectivity index (χ4v) is 2.93. The van der Waals surface area contributed by atoms with Gasteiger partial charge in [0.05, 0.1) is 0 Å². The lowest BCUT2D eigenvalue weighted by atomic mass is 9.91. The van der Waals surface area contributed by atoms with Crippen molar-refractivity contribution in [2.45, 2.75) is 25.8 Å². The van der Waals surface area contributed by atoms with Crippen molar-refractivity contribution in [1.82, 2.24) is 9.80 Å². The Morgan fingerprint density at radius 2 is 2.00 bits per heavy atom. The molecule has 0 N–H and O–H groups in total. The van der Waals surface area contributed by atoms with Crippen LogP contribution in [0, 0.1) is 0 Å². The molecule has 1 heterocycles. The smallest absolute Gasteiger partial charge is 0.102 e. The summed E-state index contributed by atoms with van der Waals surface area (Å²) >= 11 is 0. The summed E-state index contributed by atoms with van der Waals surface area (Å²) in [4.78, 5) is 4.64. The average molecular weight is 264 g/mol. The molecule has 1 unspecified atom stereocenters. The van der Waals surface area contributed by atoms with E-state index >= 15 is 0 Å². The maximum Gasteiger partial charge on any atom is 0.102 e. The first-order valence-corrected chi connectivity index (χ1v) is 7.21. The molecule has 1 atom stereocenters. The predicted molar refractivity (Wildman–Crippen MR) is 78.3 cm³/mol. The van der Waals surface area contributed by atoms with Crippen LogP contribution in [0.4, 0.5) is 4.39 Å². The van der Waals surface area contributed by atoms with E-state index < -0.39 is 0 Å². The molecule has 0 aliphatic carbocycles. The zero-order chi connectivity index (χ0) is 13.8. The zero-order valence-electron chi connectivity index (χ0n) is 12.3. The molecule has 1 fully saturated rings. The van der Waals surface area contributed by atoms with Gasteiger partial charge in [0.1, 0.15) is 6.67 Å². The molecule has 0 bridgehead atoms. The van der Waals surface area contributed by atoms with E-state index in [4.69, 9.17) is 0 Å². The van der Waals surface area contributed by atoms with Gasteiger partial charge in [-0.3, -0.25) is 9.80 Å². The van der Waals surface area contributed by atoms with Gasteiger partial charge in [-0.1, -0.05) is 38.1 Å². The summed E-state index contributed by atoms with van der Waals surface area (Å²) < 4.78 is 12.6. The SMILES string of the molecule is CC(C)c1ccccc1C1CN(CCF)CCN1C. The van der Waals surface area contributed by atoms with Gasteiger partial charge < -0.3 is 0 Å². The minimum Gasteiger partial charge on any atom is -0.298 e. The summed E-state index contributed by atoms with van der Waals surface area (Å²) in [6.45, 7) is 7.71. The molecule has 1 aliphatic rings. The second-order valence-corrected chi connectivity index (χ2v) is 5.77. The highest BCUT2D eigenvalue weighted by molar-refractivity contribution is 5.33. The van der Waals surface area contributed by atoms with Crippen LogP contribution >= 0.6 is 0 Å². The highest BCUT2D eigenvalue weighted by Gasteiger charge is 2.27. The monoisotopic (exact) mass is 264 g/mol. The van der Waals surface area contributed by atoms with Gasteiger partial charge in [-0.25, -0.2) is 4.39 Å². The second kappa shape index (κ2) is 6.49. The largest absolute Gasteiger partial charge is 0.298 e. The second-order valence-electron chi connectivity index (χ2n) is 5.77. The van der Waals surface area contributed by atoms with Gasteiger partial charge >= 0.3 is 0 Å². The van der Waals surface area contributed by atoms with E-state index in [-0.39, 0.29) is 6.67 Å². The number of alkyl halides is 1.